The minimum Gasteiger partial charge on any atom is -0.444 e. The average molecular weight is 653 g/mol. The maximum Gasteiger partial charge on any atom is 0.410 e. The standard InChI is InChI=1S/C37H44N6O5/c1-36(2,3)48-35(47)41(4)22-26-11-6-7-12-27(26)23-43(34(46)42-17-8-5-9-18-42)24-31(44)39-29-15-14-25-20-37(21-28(25)19-29)30-13-10-16-38-32(30)40-33(37)45/h6-7,10-16,19H,5,8-9,17-18,20-24H2,1-4H3,(H,39,44)(H,38,40,45). The number of nitrogens with one attached hydrogen (secondary N) is 2. The highest BCUT2D eigenvalue weighted by atomic mass is 16.6. The first-order valence-electron chi connectivity index (χ1n) is 16.7. The smallest absolute Gasteiger partial charge is 0.410 e. The van der Waals surface area contributed by atoms with Crippen molar-refractivity contribution >= 4 is 35.4 Å². The molecule has 1 unspecified atom stereocenters. The number of aromatic nitrogens is 1. The molecule has 1 spiro atoms. The van der Waals surface area contributed by atoms with Gasteiger partial charge in [-0.25, -0.2) is 14.6 Å². The lowest BCUT2D eigenvalue weighted by molar-refractivity contribution is -0.120. The van der Waals surface area contributed by atoms with E-state index in [9.17, 15) is 19.2 Å². The summed E-state index contributed by atoms with van der Waals surface area (Å²) in [5, 5.41) is 5.94. The van der Waals surface area contributed by atoms with Gasteiger partial charge < -0.3 is 30.1 Å². The number of rotatable bonds is 7. The van der Waals surface area contributed by atoms with Crippen molar-refractivity contribution in [2.75, 3.05) is 37.3 Å². The first-order valence-corrected chi connectivity index (χ1v) is 16.7. The third kappa shape index (κ3) is 7.00. The molecular formula is C37H44N6O5. The summed E-state index contributed by atoms with van der Waals surface area (Å²) in [7, 11) is 1.68. The second-order valence-electron chi connectivity index (χ2n) is 14.1. The van der Waals surface area contributed by atoms with E-state index in [1.807, 2.05) is 80.3 Å². The molecule has 2 N–H and O–H groups in total. The fourth-order valence-corrected chi connectivity index (χ4v) is 6.93. The van der Waals surface area contributed by atoms with Crippen LogP contribution in [-0.2, 0) is 45.7 Å². The van der Waals surface area contributed by atoms with Gasteiger partial charge in [-0.05, 0) is 93.3 Å². The zero-order valence-corrected chi connectivity index (χ0v) is 28.2. The summed E-state index contributed by atoms with van der Waals surface area (Å²) in [6.45, 7) is 7.13. The first-order chi connectivity index (χ1) is 22.9. The van der Waals surface area contributed by atoms with Gasteiger partial charge in [0, 0.05) is 50.7 Å². The Bertz CT molecular complexity index is 1730. The minimum atomic E-state index is -0.697. The van der Waals surface area contributed by atoms with Crippen LogP contribution in [0.25, 0.3) is 0 Å². The van der Waals surface area contributed by atoms with Gasteiger partial charge in [-0.15, -0.1) is 0 Å². The lowest BCUT2D eigenvalue weighted by atomic mass is 9.79. The molecule has 3 aromatic rings. The number of nitrogens with zero attached hydrogens (tertiary/aromatic N) is 4. The average Bonchev–Trinajstić information content (AvgIpc) is 3.57. The molecule has 11 heteroatoms. The van der Waals surface area contributed by atoms with E-state index < -0.39 is 17.1 Å². The number of hydrogen-bond acceptors (Lipinski definition) is 6. The van der Waals surface area contributed by atoms with Gasteiger partial charge >= 0.3 is 12.1 Å². The van der Waals surface area contributed by atoms with Crippen LogP contribution in [-0.4, -0.2) is 75.9 Å². The van der Waals surface area contributed by atoms with E-state index in [4.69, 9.17) is 4.74 Å². The number of ether oxygens (including phenoxy) is 1. The number of fused-ring (bicyclic) bond motifs is 3. The van der Waals surface area contributed by atoms with Crippen molar-refractivity contribution in [1.82, 2.24) is 19.7 Å². The van der Waals surface area contributed by atoms with Crippen LogP contribution >= 0.6 is 0 Å². The Balaban J connectivity index is 1.17. The third-order valence-electron chi connectivity index (χ3n) is 9.29. The molecule has 0 saturated carbocycles. The number of carbonyl (C=O) groups excluding carboxylic acids is 4. The summed E-state index contributed by atoms with van der Waals surface area (Å²) < 4.78 is 5.54. The number of benzene rings is 2. The Morgan fingerprint density at radius 1 is 0.958 bits per heavy atom. The fraction of sp³-hybridized carbons (Fsp3) is 0.432. The number of amides is 5. The topological polar surface area (TPSA) is 124 Å². The maximum atomic E-state index is 13.9. The molecule has 2 aliphatic heterocycles. The van der Waals surface area contributed by atoms with Crippen LogP contribution in [0.15, 0.2) is 60.8 Å². The van der Waals surface area contributed by atoms with Gasteiger partial charge in [0.15, 0.2) is 0 Å². The van der Waals surface area contributed by atoms with Crippen molar-refractivity contribution in [1.29, 1.82) is 0 Å². The summed E-state index contributed by atoms with van der Waals surface area (Å²) >= 11 is 0. The van der Waals surface area contributed by atoms with Crippen LogP contribution in [0.1, 0.15) is 67.9 Å². The molecule has 3 heterocycles. The number of hydrogen-bond donors (Lipinski definition) is 2. The van der Waals surface area contributed by atoms with Crippen LogP contribution in [0.2, 0.25) is 0 Å². The Labute approximate surface area is 281 Å². The van der Waals surface area contributed by atoms with Crippen molar-refractivity contribution in [3.8, 4) is 0 Å². The van der Waals surface area contributed by atoms with Gasteiger partial charge in [-0.1, -0.05) is 36.4 Å². The van der Waals surface area contributed by atoms with Gasteiger partial charge in [0.05, 0.1) is 5.41 Å². The van der Waals surface area contributed by atoms with Crippen molar-refractivity contribution < 1.29 is 23.9 Å². The minimum absolute atomic E-state index is 0.0533. The summed E-state index contributed by atoms with van der Waals surface area (Å²) in [5.41, 5.74) is 3.98. The number of urea groups is 1. The Hall–Kier alpha value is -4.93. The van der Waals surface area contributed by atoms with E-state index in [0.29, 0.717) is 37.4 Å². The number of piperidine rings is 1. The predicted molar refractivity (Wildman–Crippen MR) is 182 cm³/mol. The summed E-state index contributed by atoms with van der Waals surface area (Å²) in [6.07, 6.45) is 5.26. The number of pyridine rings is 1. The molecule has 0 bridgehead atoms. The molecule has 1 aromatic heterocycles. The summed E-state index contributed by atoms with van der Waals surface area (Å²) in [4.78, 5) is 62.5. The molecule has 1 saturated heterocycles. The Kier molecular flexibility index (Phi) is 9.13. The van der Waals surface area contributed by atoms with Crippen molar-refractivity contribution in [3.05, 3.63) is 88.6 Å². The van der Waals surface area contributed by atoms with Gasteiger partial charge in [0.25, 0.3) is 0 Å². The van der Waals surface area contributed by atoms with Crippen molar-refractivity contribution in [3.63, 3.8) is 0 Å². The van der Waals surface area contributed by atoms with Crippen LogP contribution in [0.5, 0.6) is 0 Å². The van der Waals surface area contributed by atoms with Crippen LogP contribution in [0, 0.1) is 0 Å². The molecule has 11 nitrogen and oxygen atoms in total. The lowest BCUT2D eigenvalue weighted by Gasteiger charge is -2.33. The second-order valence-corrected chi connectivity index (χ2v) is 14.1. The molecule has 1 aliphatic carbocycles. The maximum absolute atomic E-state index is 13.9. The normalized spacial score (nSPS) is 18.2. The molecule has 2 aromatic carbocycles. The molecule has 3 aliphatic rings. The van der Waals surface area contributed by atoms with E-state index in [-0.39, 0.29) is 37.5 Å². The molecular weight excluding hydrogens is 608 g/mol. The molecule has 48 heavy (non-hydrogen) atoms. The van der Waals surface area contributed by atoms with Gasteiger partial charge in [0.1, 0.15) is 18.0 Å². The molecule has 0 radical (unpaired) electrons. The fourth-order valence-electron chi connectivity index (χ4n) is 6.93. The van der Waals surface area contributed by atoms with Crippen molar-refractivity contribution in [2.24, 2.45) is 0 Å². The molecule has 1 fully saturated rings. The zero-order chi connectivity index (χ0) is 34.1. The molecule has 5 amide bonds. The monoisotopic (exact) mass is 652 g/mol. The highest BCUT2D eigenvalue weighted by molar-refractivity contribution is 6.06. The van der Waals surface area contributed by atoms with Gasteiger partial charge in [-0.2, -0.15) is 0 Å². The largest absolute Gasteiger partial charge is 0.444 e. The molecule has 252 valence electrons. The van der Waals surface area contributed by atoms with E-state index in [1.165, 1.54) is 4.90 Å². The quantitative estimate of drug-likeness (QED) is 0.348. The summed E-state index contributed by atoms with van der Waals surface area (Å²) in [6, 6.07) is 17.0. The van der Waals surface area contributed by atoms with Crippen molar-refractivity contribution in [2.45, 2.75) is 77.0 Å². The van der Waals surface area contributed by atoms with Gasteiger partial charge in [-0.3, -0.25) is 9.59 Å². The number of likely N-dealkylation sites (tertiary alicyclic amines) is 1. The Morgan fingerprint density at radius 2 is 1.67 bits per heavy atom. The highest BCUT2D eigenvalue weighted by Gasteiger charge is 2.51. The molecule has 1 atom stereocenters. The van der Waals surface area contributed by atoms with E-state index in [2.05, 4.69) is 15.6 Å². The van der Waals surface area contributed by atoms with E-state index in [1.54, 1.807) is 18.1 Å². The Morgan fingerprint density at radius 3 is 2.40 bits per heavy atom. The molecule has 6 rings (SSSR count). The summed E-state index contributed by atoms with van der Waals surface area (Å²) in [5.74, 6) is 0.243. The second kappa shape index (κ2) is 13.3. The number of anilines is 2. The first kappa shape index (κ1) is 33.0. The predicted octanol–water partition coefficient (Wildman–Crippen LogP) is 5.48. The lowest BCUT2D eigenvalue weighted by Crippen LogP contribution is -2.47. The van der Waals surface area contributed by atoms with Crippen LogP contribution < -0.4 is 10.6 Å². The van der Waals surface area contributed by atoms with E-state index >= 15 is 0 Å². The van der Waals surface area contributed by atoms with Gasteiger partial charge in [0.2, 0.25) is 11.8 Å². The van der Waals surface area contributed by atoms with Crippen LogP contribution in [0.3, 0.4) is 0 Å². The SMILES string of the molecule is CN(Cc1ccccc1CN(CC(=O)Nc1ccc2c(c1)CC1(C2)C(=O)Nc2ncccc21)C(=O)N1CCCCC1)C(=O)OC(C)(C)C. The van der Waals surface area contributed by atoms with E-state index in [0.717, 1.165) is 47.1 Å². The highest BCUT2D eigenvalue weighted by Crippen LogP contribution is 2.47. The number of carbonyl (C=O) groups is 4. The van der Waals surface area contributed by atoms with Crippen LogP contribution in [0.4, 0.5) is 21.1 Å². The zero-order valence-electron chi connectivity index (χ0n) is 28.2. The third-order valence-corrected chi connectivity index (χ3v) is 9.29.